The van der Waals surface area contributed by atoms with Crippen LogP contribution in [0.4, 0.5) is 5.69 Å². The lowest BCUT2D eigenvalue weighted by Gasteiger charge is -2.07. The molecule has 1 aromatic heterocycles. The molecule has 0 atom stereocenters. The second-order valence-corrected chi connectivity index (χ2v) is 7.90. The van der Waals surface area contributed by atoms with E-state index >= 15 is 0 Å². The van der Waals surface area contributed by atoms with Crippen molar-refractivity contribution in [3.05, 3.63) is 102 Å². The Kier molecular flexibility index (Phi) is 6.59. The van der Waals surface area contributed by atoms with Gasteiger partial charge in [-0.3, -0.25) is 4.79 Å². The van der Waals surface area contributed by atoms with Crippen LogP contribution in [0.1, 0.15) is 11.1 Å². The number of anilines is 1. The number of carbonyl (C=O) groups is 1. The predicted octanol–water partition coefficient (Wildman–Crippen LogP) is 5.43. The monoisotopic (exact) mass is 426 g/mol. The molecule has 6 heteroatoms. The first-order chi connectivity index (χ1) is 15.2. The van der Waals surface area contributed by atoms with E-state index in [1.54, 1.807) is 17.8 Å². The van der Waals surface area contributed by atoms with Gasteiger partial charge in [0.2, 0.25) is 5.91 Å². The minimum absolute atomic E-state index is 0.182. The number of nitrogens with zero attached hydrogens (tertiary/aromatic N) is 3. The van der Waals surface area contributed by atoms with E-state index in [4.69, 9.17) is 0 Å². The van der Waals surface area contributed by atoms with Gasteiger partial charge < -0.3 is 9.88 Å². The molecule has 31 heavy (non-hydrogen) atoms. The molecule has 0 aliphatic carbocycles. The molecule has 0 spiro atoms. The number of hydrogen-bond acceptors (Lipinski definition) is 4. The van der Waals surface area contributed by atoms with Gasteiger partial charge in [0, 0.05) is 30.1 Å². The normalized spacial score (nSPS) is 11.0. The van der Waals surface area contributed by atoms with Crippen molar-refractivity contribution >= 4 is 29.4 Å². The number of carbonyl (C=O) groups excluding carboxylic acids is 1. The number of hydrogen-bond donors (Lipinski definition) is 1. The summed E-state index contributed by atoms with van der Waals surface area (Å²) in [4.78, 5) is 12.3. The first kappa shape index (κ1) is 20.6. The predicted molar refractivity (Wildman–Crippen MR) is 127 cm³/mol. The zero-order valence-corrected chi connectivity index (χ0v) is 17.9. The molecule has 1 N–H and O–H groups in total. The average Bonchev–Trinajstić information content (AvgIpc) is 3.18. The van der Waals surface area contributed by atoms with Crippen molar-refractivity contribution in [2.75, 3.05) is 5.32 Å². The lowest BCUT2D eigenvalue weighted by atomic mass is 10.2. The zero-order valence-electron chi connectivity index (χ0n) is 17.1. The van der Waals surface area contributed by atoms with Crippen molar-refractivity contribution in [3.63, 3.8) is 0 Å². The van der Waals surface area contributed by atoms with Crippen LogP contribution in [0, 0.1) is 0 Å². The number of rotatable bonds is 7. The molecule has 154 valence electrons. The fraction of sp³-hybridized carbons (Fsp3) is 0.0800. The first-order valence-corrected chi connectivity index (χ1v) is 10.9. The molecule has 4 rings (SSSR count). The molecule has 3 aromatic carbocycles. The van der Waals surface area contributed by atoms with Crippen LogP contribution in [0.25, 0.3) is 17.5 Å². The summed E-state index contributed by atoms with van der Waals surface area (Å²) in [6, 6.07) is 27.6. The third-order valence-electron chi connectivity index (χ3n) is 4.66. The quantitative estimate of drug-likeness (QED) is 0.316. The summed E-state index contributed by atoms with van der Waals surface area (Å²) in [6.07, 6.45) is 3.32. The Morgan fingerprint density at radius 2 is 1.71 bits per heavy atom. The highest BCUT2D eigenvalue weighted by molar-refractivity contribution is 7.98. The van der Waals surface area contributed by atoms with E-state index in [2.05, 4.69) is 27.6 Å². The molecule has 0 fully saturated rings. The van der Waals surface area contributed by atoms with E-state index in [9.17, 15) is 4.79 Å². The maximum atomic E-state index is 12.3. The first-order valence-electron chi connectivity index (χ1n) is 9.90. The second-order valence-electron chi connectivity index (χ2n) is 6.95. The molecule has 5 nitrogen and oxygen atoms in total. The van der Waals surface area contributed by atoms with E-state index in [1.165, 1.54) is 11.6 Å². The Morgan fingerprint density at radius 1 is 0.968 bits per heavy atom. The Bertz CT molecular complexity index is 1190. The Balaban J connectivity index is 1.44. The SMILES string of the molecule is Cn1c(SCc2ccccc2)nnc1-c1cccc(NC(=O)/C=C/c2ccccc2)c1. The summed E-state index contributed by atoms with van der Waals surface area (Å²) in [7, 11) is 1.95. The van der Waals surface area contributed by atoms with E-state index in [-0.39, 0.29) is 5.91 Å². The van der Waals surface area contributed by atoms with Gasteiger partial charge in [-0.2, -0.15) is 0 Å². The van der Waals surface area contributed by atoms with E-state index in [0.29, 0.717) is 5.69 Å². The molecule has 0 aliphatic rings. The minimum atomic E-state index is -0.182. The van der Waals surface area contributed by atoms with Crippen LogP contribution in [-0.4, -0.2) is 20.7 Å². The van der Waals surface area contributed by atoms with Gasteiger partial charge in [-0.1, -0.05) is 84.6 Å². The lowest BCUT2D eigenvalue weighted by molar-refractivity contribution is -0.111. The van der Waals surface area contributed by atoms with Gasteiger partial charge in [0.25, 0.3) is 0 Å². The smallest absolute Gasteiger partial charge is 0.248 e. The van der Waals surface area contributed by atoms with E-state index in [1.807, 2.05) is 84.4 Å². The minimum Gasteiger partial charge on any atom is -0.322 e. The summed E-state index contributed by atoms with van der Waals surface area (Å²) in [6.45, 7) is 0. The number of amides is 1. The van der Waals surface area contributed by atoms with Crippen molar-refractivity contribution in [1.29, 1.82) is 0 Å². The molecule has 1 heterocycles. The maximum absolute atomic E-state index is 12.3. The van der Waals surface area contributed by atoms with E-state index < -0.39 is 0 Å². The van der Waals surface area contributed by atoms with Crippen LogP contribution in [0.2, 0.25) is 0 Å². The summed E-state index contributed by atoms with van der Waals surface area (Å²) in [5.74, 6) is 1.40. The average molecular weight is 427 g/mol. The number of aromatic nitrogens is 3. The summed E-state index contributed by atoms with van der Waals surface area (Å²) < 4.78 is 1.98. The molecule has 0 saturated heterocycles. The van der Waals surface area contributed by atoms with Crippen molar-refractivity contribution in [2.24, 2.45) is 7.05 Å². The Morgan fingerprint density at radius 3 is 2.48 bits per heavy atom. The van der Waals surface area contributed by atoms with Gasteiger partial charge in [0.15, 0.2) is 11.0 Å². The highest BCUT2D eigenvalue weighted by Gasteiger charge is 2.12. The standard InChI is InChI=1S/C25H22N4OS/c1-29-24(27-28-25(29)31-18-20-11-6-3-7-12-20)21-13-8-14-22(17-21)26-23(30)16-15-19-9-4-2-5-10-19/h2-17H,18H2,1H3,(H,26,30)/b16-15+. The third-order valence-corrected chi connectivity index (χ3v) is 5.75. The number of nitrogens with one attached hydrogen (secondary N) is 1. The van der Waals surface area contributed by atoms with Gasteiger partial charge in [-0.15, -0.1) is 10.2 Å². The second kappa shape index (κ2) is 9.91. The molecule has 4 aromatic rings. The van der Waals surface area contributed by atoms with Gasteiger partial charge >= 0.3 is 0 Å². The molecule has 0 radical (unpaired) electrons. The summed E-state index contributed by atoms with van der Waals surface area (Å²) in [5, 5.41) is 12.5. The van der Waals surface area contributed by atoms with Crippen LogP contribution >= 0.6 is 11.8 Å². The van der Waals surface area contributed by atoms with Crippen molar-refractivity contribution in [1.82, 2.24) is 14.8 Å². The molecular weight excluding hydrogens is 404 g/mol. The lowest BCUT2D eigenvalue weighted by Crippen LogP contribution is -2.07. The molecular formula is C25H22N4OS. The van der Waals surface area contributed by atoms with Crippen LogP contribution in [-0.2, 0) is 17.6 Å². The zero-order chi connectivity index (χ0) is 21.5. The number of thioether (sulfide) groups is 1. The van der Waals surface area contributed by atoms with Crippen molar-refractivity contribution in [2.45, 2.75) is 10.9 Å². The van der Waals surface area contributed by atoms with Crippen LogP contribution in [0.3, 0.4) is 0 Å². The Hall–Kier alpha value is -3.64. The molecule has 0 unspecified atom stereocenters. The Labute approximate surface area is 185 Å². The number of benzene rings is 3. The third kappa shape index (κ3) is 5.49. The topological polar surface area (TPSA) is 59.8 Å². The summed E-state index contributed by atoms with van der Waals surface area (Å²) in [5.41, 5.74) is 3.82. The fourth-order valence-electron chi connectivity index (χ4n) is 3.07. The fourth-order valence-corrected chi connectivity index (χ4v) is 3.94. The van der Waals surface area contributed by atoms with Crippen LogP contribution < -0.4 is 5.32 Å². The highest BCUT2D eigenvalue weighted by Crippen LogP contribution is 2.26. The van der Waals surface area contributed by atoms with Gasteiger partial charge in [0.1, 0.15) is 0 Å². The van der Waals surface area contributed by atoms with Crippen molar-refractivity contribution in [3.8, 4) is 11.4 Å². The van der Waals surface area contributed by atoms with E-state index in [0.717, 1.165) is 27.9 Å². The molecule has 0 aliphatic heterocycles. The van der Waals surface area contributed by atoms with Gasteiger partial charge in [-0.25, -0.2) is 0 Å². The van der Waals surface area contributed by atoms with Gasteiger partial charge in [-0.05, 0) is 29.3 Å². The molecule has 0 bridgehead atoms. The van der Waals surface area contributed by atoms with Crippen LogP contribution in [0.5, 0.6) is 0 Å². The van der Waals surface area contributed by atoms with Crippen LogP contribution in [0.15, 0.2) is 96.2 Å². The summed E-state index contributed by atoms with van der Waals surface area (Å²) >= 11 is 1.65. The molecule has 1 amide bonds. The highest BCUT2D eigenvalue weighted by atomic mass is 32.2. The van der Waals surface area contributed by atoms with Crippen molar-refractivity contribution < 1.29 is 4.79 Å². The van der Waals surface area contributed by atoms with Gasteiger partial charge in [0.05, 0.1) is 0 Å². The largest absolute Gasteiger partial charge is 0.322 e. The molecule has 0 saturated carbocycles. The maximum Gasteiger partial charge on any atom is 0.248 e.